The minimum absolute atomic E-state index is 1.04. The summed E-state index contributed by atoms with van der Waals surface area (Å²) in [5.41, 5.74) is 5.02. The average Bonchev–Trinajstić information content (AvgIpc) is 2.62. The van der Waals surface area contributed by atoms with Crippen molar-refractivity contribution in [1.29, 1.82) is 0 Å². The first-order valence-corrected chi connectivity index (χ1v) is 9.74. The van der Waals surface area contributed by atoms with Crippen LogP contribution in [-0.4, -0.2) is 26.2 Å². The second-order valence-corrected chi connectivity index (χ2v) is 7.02. The van der Waals surface area contributed by atoms with Gasteiger partial charge in [-0.3, -0.25) is 0 Å². The molecule has 0 aliphatic carbocycles. The van der Waals surface area contributed by atoms with Crippen molar-refractivity contribution in [1.82, 2.24) is 0 Å². The molecule has 4 heteroatoms. The van der Waals surface area contributed by atoms with Crippen molar-refractivity contribution < 1.29 is 0 Å². The molecule has 0 fully saturated rings. The van der Waals surface area contributed by atoms with E-state index in [1.807, 2.05) is 11.8 Å². The van der Waals surface area contributed by atoms with Gasteiger partial charge in [-0.2, -0.15) is 0 Å². The van der Waals surface area contributed by atoms with E-state index in [9.17, 15) is 0 Å². The molecule has 0 saturated heterocycles. The van der Waals surface area contributed by atoms with Gasteiger partial charge >= 0.3 is 0 Å². The van der Waals surface area contributed by atoms with E-state index < -0.39 is 0 Å². The van der Waals surface area contributed by atoms with Crippen LogP contribution in [-0.2, 0) is 0 Å². The molecule has 0 amide bonds. The fourth-order valence-corrected chi connectivity index (χ4v) is 4.29. The molecule has 0 saturated carbocycles. The molecular weight excluding hydrogens is 314 g/mol. The minimum Gasteiger partial charge on any atom is -0.372 e. The SMILES string of the molecule is CCN(CC)c1ccc2c(c1)Sc1cc(N(CC)CC)ccc1N2. The number of nitrogens with zero attached hydrogens (tertiary/aromatic N) is 2. The first-order valence-electron chi connectivity index (χ1n) is 8.92. The molecular formula is C20H27N3S. The molecule has 0 radical (unpaired) electrons. The molecule has 0 unspecified atom stereocenters. The maximum absolute atomic E-state index is 3.59. The van der Waals surface area contributed by atoms with Gasteiger partial charge in [-0.1, -0.05) is 11.8 Å². The maximum atomic E-state index is 3.59. The van der Waals surface area contributed by atoms with Gasteiger partial charge in [0, 0.05) is 47.3 Å². The molecule has 128 valence electrons. The van der Waals surface area contributed by atoms with Crippen LogP contribution < -0.4 is 15.1 Å². The van der Waals surface area contributed by atoms with Crippen LogP contribution in [0.5, 0.6) is 0 Å². The molecule has 3 rings (SSSR count). The van der Waals surface area contributed by atoms with E-state index in [1.54, 1.807) is 0 Å². The molecule has 1 N–H and O–H groups in total. The second-order valence-electron chi connectivity index (χ2n) is 5.93. The molecule has 0 aromatic heterocycles. The fourth-order valence-electron chi connectivity index (χ4n) is 3.23. The van der Waals surface area contributed by atoms with Crippen LogP contribution in [0.15, 0.2) is 46.2 Å². The zero-order valence-electron chi connectivity index (χ0n) is 15.1. The summed E-state index contributed by atoms with van der Waals surface area (Å²) in [6.45, 7) is 13.0. The Balaban J connectivity index is 1.91. The van der Waals surface area contributed by atoms with Gasteiger partial charge in [-0.25, -0.2) is 0 Å². The summed E-state index contributed by atoms with van der Waals surface area (Å²) in [4.78, 5) is 7.40. The van der Waals surface area contributed by atoms with Crippen LogP contribution in [0.2, 0.25) is 0 Å². The predicted octanol–water partition coefficient (Wildman–Crippen LogP) is 5.59. The number of anilines is 4. The Hall–Kier alpha value is -1.81. The number of rotatable bonds is 6. The highest BCUT2D eigenvalue weighted by Gasteiger charge is 2.18. The van der Waals surface area contributed by atoms with Crippen molar-refractivity contribution in [2.75, 3.05) is 41.3 Å². The minimum atomic E-state index is 1.04. The lowest BCUT2D eigenvalue weighted by Crippen LogP contribution is -2.22. The van der Waals surface area contributed by atoms with Gasteiger partial charge in [0.25, 0.3) is 0 Å². The normalized spacial score (nSPS) is 12.2. The highest BCUT2D eigenvalue weighted by atomic mass is 32.2. The third-order valence-corrected chi connectivity index (χ3v) is 5.79. The molecule has 2 aromatic carbocycles. The Morgan fingerprint density at radius 1 is 0.708 bits per heavy atom. The maximum Gasteiger partial charge on any atom is 0.0527 e. The van der Waals surface area contributed by atoms with Crippen LogP contribution in [0.3, 0.4) is 0 Å². The van der Waals surface area contributed by atoms with Crippen molar-refractivity contribution in [2.24, 2.45) is 0 Å². The Morgan fingerprint density at radius 3 is 1.50 bits per heavy atom. The van der Waals surface area contributed by atoms with Crippen molar-refractivity contribution in [3.63, 3.8) is 0 Å². The topological polar surface area (TPSA) is 18.5 Å². The van der Waals surface area contributed by atoms with Gasteiger partial charge in [0.15, 0.2) is 0 Å². The Kier molecular flexibility index (Phi) is 5.24. The standard InChI is InChI=1S/C20H27N3S/c1-5-22(6-2)15-9-11-17-19(13-15)24-20-14-16(23(7-3)8-4)10-12-18(20)21-17/h9-14,21H,5-8H2,1-4H3. The van der Waals surface area contributed by atoms with Crippen LogP contribution >= 0.6 is 11.8 Å². The molecule has 1 aliphatic heterocycles. The zero-order chi connectivity index (χ0) is 17.1. The first-order chi connectivity index (χ1) is 11.7. The monoisotopic (exact) mass is 341 g/mol. The summed E-state index contributed by atoms with van der Waals surface area (Å²) in [5, 5.41) is 3.59. The number of fused-ring (bicyclic) bond motifs is 2. The van der Waals surface area contributed by atoms with E-state index in [1.165, 1.54) is 32.5 Å². The van der Waals surface area contributed by atoms with E-state index in [4.69, 9.17) is 0 Å². The number of nitrogens with one attached hydrogen (secondary N) is 1. The molecule has 0 bridgehead atoms. The van der Waals surface area contributed by atoms with Crippen molar-refractivity contribution >= 4 is 34.5 Å². The lowest BCUT2D eigenvalue weighted by Gasteiger charge is -2.27. The molecule has 0 atom stereocenters. The summed E-state index contributed by atoms with van der Waals surface area (Å²) in [6.07, 6.45) is 0. The van der Waals surface area contributed by atoms with Crippen LogP contribution in [0.4, 0.5) is 22.7 Å². The van der Waals surface area contributed by atoms with Crippen LogP contribution in [0, 0.1) is 0 Å². The highest BCUT2D eigenvalue weighted by Crippen LogP contribution is 2.46. The van der Waals surface area contributed by atoms with E-state index in [0.717, 1.165) is 26.2 Å². The van der Waals surface area contributed by atoms with E-state index in [-0.39, 0.29) is 0 Å². The Morgan fingerprint density at radius 2 is 1.12 bits per heavy atom. The smallest absolute Gasteiger partial charge is 0.0527 e. The van der Waals surface area contributed by atoms with Gasteiger partial charge in [-0.05, 0) is 64.1 Å². The molecule has 1 heterocycles. The van der Waals surface area contributed by atoms with Gasteiger partial charge in [0.1, 0.15) is 0 Å². The molecule has 2 aromatic rings. The molecule has 3 nitrogen and oxygen atoms in total. The highest BCUT2D eigenvalue weighted by molar-refractivity contribution is 7.99. The van der Waals surface area contributed by atoms with Crippen LogP contribution in [0.25, 0.3) is 0 Å². The zero-order valence-corrected chi connectivity index (χ0v) is 15.9. The van der Waals surface area contributed by atoms with Gasteiger partial charge in [-0.15, -0.1) is 0 Å². The average molecular weight is 342 g/mol. The number of benzene rings is 2. The summed E-state index contributed by atoms with van der Waals surface area (Å²) < 4.78 is 0. The van der Waals surface area contributed by atoms with E-state index >= 15 is 0 Å². The Bertz CT molecular complexity index is 647. The molecule has 1 aliphatic rings. The summed E-state index contributed by atoms with van der Waals surface area (Å²) in [5.74, 6) is 0. The molecule has 0 spiro atoms. The van der Waals surface area contributed by atoms with E-state index in [0.29, 0.717) is 0 Å². The van der Waals surface area contributed by atoms with Crippen molar-refractivity contribution in [3.8, 4) is 0 Å². The quantitative estimate of drug-likeness (QED) is 0.630. The lowest BCUT2D eigenvalue weighted by atomic mass is 10.2. The van der Waals surface area contributed by atoms with Gasteiger partial charge < -0.3 is 15.1 Å². The van der Waals surface area contributed by atoms with Gasteiger partial charge in [0.05, 0.1) is 11.4 Å². The fraction of sp³-hybridized carbons (Fsp3) is 0.400. The Labute approximate surface area is 150 Å². The summed E-state index contributed by atoms with van der Waals surface area (Å²) in [6, 6.07) is 13.5. The summed E-state index contributed by atoms with van der Waals surface area (Å²) >= 11 is 1.87. The van der Waals surface area contributed by atoms with E-state index in [2.05, 4.69) is 79.2 Å². The van der Waals surface area contributed by atoms with Crippen molar-refractivity contribution in [3.05, 3.63) is 36.4 Å². The number of hydrogen-bond donors (Lipinski definition) is 1. The van der Waals surface area contributed by atoms with Crippen molar-refractivity contribution in [2.45, 2.75) is 37.5 Å². The first kappa shape index (κ1) is 17.0. The third-order valence-electron chi connectivity index (χ3n) is 4.68. The van der Waals surface area contributed by atoms with Crippen LogP contribution in [0.1, 0.15) is 27.7 Å². The second kappa shape index (κ2) is 7.39. The predicted molar refractivity (Wildman–Crippen MR) is 107 cm³/mol. The van der Waals surface area contributed by atoms with Gasteiger partial charge in [0.2, 0.25) is 0 Å². The summed E-state index contributed by atoms with van der Waals surface area (Å²) in [7, 11) is 0. The molecule has 24 heavy (non-hydrogen) atoms. The largest absolute Gasteiger partial charge is 0.372 e. The third kappa shape index (κ3) is 3.20. The lowest BCUT2D eigenvalue weighted by molar-refractivity contribution is 0.863. The number of hydrogen-bond acceptors (Lipinski definition) is 4.